The molecule has 0 amide bonds. The second kappa shape index (κ2) is 11.3. The minimum absolute atomic E-state index is 0.226. The summed E-state index contributed by atoms with van der Waals surface area (Å²) < 4.78 is 15.0. The molecule has 4 aromatic carbocycles. The van der Waals surface area contributed by atoms with Crippen molar-refractivity contribution in [3.8, 4) is 17.3 Å². The molecule has 2 aromatic heterocycles. The molecular formula is C31H19BrIN3O5. The second-order valence-electron chi connectivity index (χ2n) is 9.09. The first kappa shape index (κ1) is 26.9. The Kier molecular flexibility index (Phi) is 7.41. The molecule has 1 N–H and O–H groups in total. The lowest BCUT2D eigenvalue weighted by atomic mass is 10.1. The zero-order valence-corrected chi connectivity index (χ0v) is 24.9. The van der Waals surface area contributed by atoms with E-state index in [2.05, 4.69) is 43.6 Å². The van der Waals surface area contributed by atoms with Crippen molar-refractivity contribution in [2.75, 3.05) is 0 Å². The molecule has 8 nitrogen and oxygen atoms in total. The third-order valence-corrected chi connectivity index (χ3v) is 7.66. The SMILES string of the molecule is O=C(O)c1ccc(COc2ccc(C=Nn3c(-c4cc5cc(Br)ccc5o4)nc4ccccc4c3=O)cc2I)cc1. The summed E-state index contributed by atoms with van der Waals surface area (Å²) in [5.41, 5.74) is 2.74. The average Bonchev–Trinajstić information content (AvgIpc) is 3.39. The van der Waals surface area contributed by atoms with Crippen molar-refractivity contribution in [2.24, 2.45) is 5.10 Å². The number of nitrogens with zero attached hydrogens (tertiary/aromatic N) is 3. The molecule has 0 saturated heterocycles. The fourth-order valence-corrected chi connectivity index (χ4v) is 5.33. The molecule has 6 aromatic rings. The number of aromatic carboxylic acids is 1. The van der Waals surface area contributed by atoms with E-state index in [4.69, 9.17) is 19.2 Å². The van der Waals surface area contributed by atoms with Gasteiger partial charge in [0.15, 0.2) is 5.76 Å². The van der Waals surface area contributed by atoms with Gasteiger partial charge in [-0.1, -0.05) is 40.2 Å². The molecule has 0 radical (unpaired) electrons. The highest BCUT2D eigenvalue weighted by Crippen LogP contribution is 2.29. The van der Waals surface area contributed by atoms with E-state index < -0.39 is 5.97 Å². The molecule has 0 bridgehead atoms. The standard InChI is InChI=1S/C31H19BrIN3O5/c32-22-10-12-26-21(14-22)15-28(41-26)29-35-25-4-2-1-3-23(25)30(37)36(29)34-16-19-7-11-27(24(33)13-19)40-17-18-5-8-20(9-6-18)31(38)39/h1-16H,17H2,(H,38,39). The van der Waals surface area contributed by atoms with Crippen LogP contribution in [0.25, 0.3) is 33.5 Å². The van der Waals surface area contributed by atoms with Crippen LogP contribution in [0.5, 0.6) is 5.75 Å². The van der Waals surface area contributed by atoms with E-state index in [1.54, 1.807) is 48.7 Å². The van der Waals surface area contributed by atoms with Crippen molar-refractivity contribution in [3.05, 3.63) is 126 Å². The Balaban J connectivity index is 1.31. The zero-order valence-electron chi connectivity index (χ0n) is 21.1. The fourth-order valence-electron chi connectivity index (χ4n) is 4.26. The minimum Gasteiger partial charge on any atom is -0.488 e. The number of para-hydroxylation sites is 1. The number of aromatic nitrogens is 2. The number of hydrogen-bond acceptors (Lipinski definition) is 6. The van der Waals surface area contributed by atoms with Crippen LogP contribution in [-0.2, 0) is 6.61 Å². The van der Waals surface area contributed by atoms with E-state index >= 15 is 0 Å². The highest BCUT2D eigenvalue weighted by Gasteiger charge is 2.16. The van der Waals surface area contributed by atoms with Gasteiger partial charge in [-0.2, -0.15) is 9.78 Å². The number of rotatable bonds is 7. The number of carboxylic acid groups (broad SMARTS) is 1. The van der Waals surface area contributed by atoms with E-state index in [9.17, 15) is 9.59 Å². The van der Waals surface area contributed by atoms with Crippen LogP contribution in [0.2, 0.25) is 0 Å². The number of carboxylic acids is 1. The van der Waals surface area contributed by atoms with Crippen molar-refractivity contribution in [2.45, 2.75) is 6.61 Å². The lowest BCUT2D eigenvalue weighted by Gasteiger charge is -2.10. The number of carbonyl (C=O) groups is 1. The van der Waals surface area contributed by atoms with Gasteiger partial charge in [0.25, 0.3) is 5.56 Å². The van der Waals surface area contributed by atoms with E-state index in [0.29, 0.717) is 40.4 Å². The molecule has 0 saturated carbocycles. The highest BCUT2D eigenvalue weighted by atomic mass is 127. The van der Waals surface area contributed by atoms with E-state index in [0.717, 1.165) is 24.6 Å². The van der Waals surface area contributed by atoms with Crippen molar-refractivity contribution in [1.29, 1.82) is 0 Å². The fraction of sp³-hybridized carbons (Fsp3) is 0.0323. The Labute approximate surface area is 255 Å². The predicted molar refractivity (Wildman–Crippen MR) is 169 cm³/mol. The topological polar surface area (TPSA) is 107 Å². The molecule has 0 fully saturated rings. The number of ether oxygens (including phenoxy) is 1. The first-order valence-electron chi connectivity index (χ1n) is 12.4. The van der Waals surface area contributed by atoms with Crippen molar-refractivity contribution in [3.63, 3.8) is 0 Å². The van der Waals surface area contributed by atoms with Gasteiger partial charge in [-0.05, 0) is 100 Å². The Morgan fingerprint density at radius 2 is 1.85 bits per heavy atom. The van der Waals surface area contributed by atoms with Gasteiger partial charge < -0.3 is 14.3 Å². The van der Waals surface area contributed by atoms with Gasteiger partial charge in [0, 0.05) is 9.86 Å². The number of furan rings is 1. The maximum atomic E-state index is 13.5. The number of halogens is 2. The van der Waals surface area contributed by atoms with E-state index in [1.807, 2.05) is 48.5 Å². The molecule has 0 unspecified atom stereocenters. The Hall–Kier alpha value is -4.29. The third-order valence-electron chi connectivity index (χ3n) is 6.33. The normalized spacial score (nSPS) is 11.5. The van der Waals surface area contributed by atoms with Crippen LogP contribution >= 0.6 is 38.5 Å². The summed E-state index contributed by atoms with van der Waals surface area (Å²) in [6.45, 7) is 0.291. The molecule has 202 valence electrons. The van der Waals surface area contributed by atoms with Crippen LogP contribution in [0.15, 0.2) is 110 Å². The van der Waals surface area contributed by atoms with Crippen LogP contribution in [0.4, 0.5) is 0 Å². The molecule has 0 aliphatic heterocycles. The van der Waals surface area contributed by atoms with Gasteiger partial charge in [0.2, 0.25) is 5.82 Å². The Bertz CT molecular complexity index is 2030. The average molecular weight is 720 g/mol. The Morgan fingerprint density at radius 3 is 2.63 bits per heavy atom. The van der Waals surface area contributed by atoms with Gasteiger partial charge in [-0.25, -0.2) is 9.78 Å². The quantitative estimate of drug-likeness (QED) is 0.137. The van der Waals surface area contributed by atoms with Crippen LogP contribution in [0.3, 0.4) is 0 Å². The summed E-state index contributed by atoms with van der Waals surface area (Å²) in [4.78, 5) is 29.3. The summed E-state index contributed by atoms with van der Waals surface area (Å²) in [6, 6.07) is 26.8. The monoisotopic (exact) mass is 719 g/mol. The first-order valence-corrected chi connectivity index (χ1v) is 14.2. The molecular weight excluding hydrogens is 701 g/mol. The lowest BCUT2D eigenvalue weighted by molar-refractivity contribution is 0.0697. The van der Waals surface area contributed by atoms with E-state index in [-0.39, 0.29) is 11.1 Å². The van der Waals surface area contributed by atoms with Crippen molar-refractivity contribution < 1.29 is 19.1 Å². The van der Waals surface area contributed by atoms with E-state index in [1.165, 1.54) is 4.68 Å². The molecule has 0 aliphatic carbocycles. The predicted octanol–water partition coefficient (Wildman–Crippen LogP) is 7.34. The molecule has 6 rings (SSSR count). The summed E-state index contributed by atoms with van der Waals surface area (Å²) in [5.74, 6) is 0.418. The van der Waals surface area contributed by atoms with Gasteiger partial charge in [0.1, 0.15) is 17.9 Å². The van der Waals surface area contributed by atoms with Crippen molar-refractivity contribution >= 4 is 72.6 Å². The summed E-state index contributed by atoms with van der Waals surface area (Å²) in [5, 5.41) is 14.9. The van der Waals surface area contributed by atoms with Gasteiger partial charge in [-0.15, -0.1) is 0 Å². The third kappa shape index (κ3) is 5.66. The molecule has 0 atom stereocenters. The zero-order chi connectivity index (χ0) is 28.5. The van der Waals surface area contributed by atoms with Crippen LogP contribution in [0, 0.1) is 3.57 Å². The highest BCUT2D eigenvalue weighted by molar-refractivity contribution is 14.1. The largest absolute Gasteiger partial charge is 0.488 e. The number of hydrogen-bond donors (Lipinski definition) is 1. The first-order chi connectivity index (χ1) is 19.9. The summed E-state index contributed by atoms with van der Waals surface area (Å²) in [6.07, 6.45) is 1.59. The number of benzene rings is 4. The second-order valence-corrected chi connectivity index (χ2v) is 11.2. The summed E-state index contributed by atoms with van der Waals surface area (Å²) in [7, 11) is 0. The van der Waals surface area contributed by atoms with Crippen LogP contribution in [-0.4, -0.2) is 27.0 Å². The molecule has 0 aliphatic rings. The van der Waals surface area contributed by atoms with Crippen LogP contribution in [0.1, 0.15) is 21.5 Å². The molecule has 10 heteroatoms. The molecule has 0 spiro atoms. The van der Waals surface area contributed by atoms with Gasteiger partial charge in [-0.3, -0.25) is 4.79 Å². The Morgan fingerprint density at radius 1 is 1.05 bits per heavy atom. The molecule has 2 heterocycles. The van der Waals surface area contributed by atoms with Gasteiger partial charge >= 0.3 is 5.97 Å². The number of fused-ring (bicyclic) bond motifs is 2. The smallest absolute Gasteiger partial charge is 0.335 e. The van der Waals surface area contributed by atoms with Crippen molar-refractivity contribution in [1.82, 2.24) is 9.66 Å². The maximum Gasteiger partial charge on any atom is 0.335 e. The maximum absolute atomic E-state index is 13.5. The molecule has 41 heavy (non-hydrogen) atoms. The van der Waals surface area contributed by atoms with Crippen LogP contribution < -0.4 is 10.3 Å². The lowest BCUT2D eigenvalue weighted by Crippen LogP contribution is -2.20. The summed E-state index contributed by atoms with van der Waals surface area (Å²) >= 11 is 5.66. The van der Waals surface area contributed by atoms with Gasteiger partial charge in [0.05, 0.1) is 26.3 Å². The minimum atomic E-state index is -0.969.